The van der Waals surface area contributed by atoms with Gasteiger partial charge in [-0.1, -0.05) is 0 Å². The Labute approximate surface area is 134 Å². The monoisotopic (exact) mass is 326 g/mol. The van der Waals surface area contributed by atoms with E-state index in [1.54, 1.807) is 6.08 Å². The van der Waals surface area contributed by atoms with Crippen LogP contribution in [0.3, 0.4) is 0 Å². The van der Waals surface area contributed by atoms with E-state index in [0.717, 1.165) is 19.3 Å². The van der Waals surface area contributed by atoms with Gasteiger partial charge in [-0.3, -0.25) is 0 Å². The second-order valence-electron chi connectivity index (χ2n) is 6.04. The van der Waals surface area contributed by atoms with Crippen molar-refractivity contribution in [3.8, 4) is 0 Å². The highest BCUT2D eigenvalue weighted by Gasteiger charge is 2.40. The molecule has 0 N–H and O–H groups in total. The number of epoxide rings is 1. The van der Waals surface area contributed by atoms with Crippen LogP contribution in [0.4, 0.5) is 0 Å². The third kappa shape index (κ3) is 4.53. The minimum Gasteiger partial charge on any atom is -0.463 e. The van der Waals surface area contributed by atoms with Gasteiger partial charge >= 0.3 is 11.9 Å². The largest absolute Gasteiger partial charge is 0.463 e. The van der Waals surface area contributed by atoms with Crippen LogP contribution in [0, 0.1) is 5.92 Å². The molecular formula is C16H22O7. The summed E-state index contributed by atoms with van der Waals surface area (Å²) < 4.78 is 26.6. The molecule has 1 unspecified atom stereocenters. The molecule has 0 aromatic rings. The summed E-state index contributed by atoms with van der Waals surface area (Å²) in [6, 6.07) is 0. The lowest BCUT2D eigenvalue weighted by molar-refractivity contribution is -0.200. The molecular weight excluding hydrogens is 304 g/mol. The summed E-state index contributed by atoms with van der Waals surface area (Å²) in [5.74, 6) is -1.18. The molecule has 3 fully saturated rings. The minimum atomic E-state index is -0.735. The highest BCUT2D eigenvalue weighted by Crippen LogP contribution is 2.25. The van der Waals surface area contributed by atoms with Crippen molar-refractivity contribution in [2.45, 2.75) is 50.8 Å². The Kier molecular flexibility index (Phi) is 5.30. The second-order valence-corrected chi connectivity index (χ2v) is 6.04. The number of ether oxygens (including phenoxy) is 5. The van der Waals surface area contributed by atoms with Gasteiger partial charge in [0.15, 0.2) is 12.4 Å². The fraction of sp³-hybridized carbons (Fsp3) is 0.750. The summed E-state index contributed by atoms with van der Waals surface area (Å²) in [6.07, 6.45) is 4.85. The van der Waals surface area contributed by atoms with E-state index in [1.807, 2.05) is 6.92 Å². The number of cyclic esters (lactones) is 1. The van der Waals surface area contributed by atoms with Crippen LogP contribution in [0.15, 0.2) is 12.2 Å². The summed E-state index contributed by atoms with van der Waals surface area (Å²) in [5, 5.41) is 0. The van der Waals surface area contributed by atoms with Gasteiger partial charge in [-0.25, -0.2) is 9.59 Å². The molecule has 0 aromatic heterocycles. The topological polar surface area (TPSA) is 83.6 Å². The molecule has 7 nitrogen and oxygen atoms in total. The first-order valence-corrected chi connectivity index (χ1v) is 8.07. The fourth-order valence-corrected chi connectivity index (χ4v) is 2.65. The number of carbonyl (C=O) groups is 2. The van der Waals surface area contributed by atoms with Crippen LogP contribution in [0.1, 0.15) is 26.2 Å². The van der Waals surface area contributed by atoms with E-state index in [0.29, 0.717) is 6.61 Å². The van der Waals surface area contributed by atoms with E-state index in [2.05, 4.69) is 0 Å². The first-order valence-electron chi connectivity index (χ1n) is 8.07. The van der Waals surface area contributed by atoms with Gasteiger partial charge in [0.2, 0.25) is 0 Å². The van der Waals surface area contributed by atoms with Gasteiger partial charge in [0.05, 0.1) is 12.0 Å². The third-order valence-electron chi connectivity index (χ3n) is 4.16. The zero-order valence-corrected chi connectivity index (χ0v) is 13.1. The van der Waals surface area contributed by atoms with Crippen molar-refractivity contribution in [1.82, 2.24) is 0 Å². The quantitative estimate of drug-likeness (QED) is 0.408. The van der Waals surface area contributed by atoms with E-state index in [-0.39, 0.29) is 37.6 Å². The predicted molar refractivity (Wildman–Crippen MR) is 77.3 cm³/mol. The summed E-state index contributed by atoms with van der Waals surface area (Å²) in [5.41, 5.74) is 0. The van der Waals surface area contributed by atoms with Crippen molar-refractivity contribution in [3.63, 3.8) is 0 Å². The number of hydrogen-bond acceptors (Lipinski definition) is 7. The lowest BCUT2D eigenvalue weighted by Gasteiger charge is -2.26. The van der Waals surface area contributed by atoms with E-state index < -0.39 is 18.0 Å². The Morgan fingerprint density at radius 3 is 2.91 bits per heavy atom. The van der Waals surface area contributed by atoms with Crippen LogP contribution in [0.25, 0.3) is 0 Å². The second kappa shape index (κ2) is 7.42. The maximum absolute atomic E-state index is 11.8. The molecule has 128 valence electrons. The third-order valence-corrected chi connectivity index (χ3v) is 4.16. The van der Waals surface area contributed by atoms with Gasteiger partial charge in [-0.15, -0.1) is 0 Å². The molecule has 3 aliphatic rings. The Morgan fingerprint density at radius 1 is 1.39 bits per heavy atom. The molecule has 0 spiro atoms. The fourth-order valence-electron chi connectivity index (χ4n) is 2.65. The molecule has 0 aromatic carbocycles. The average Bonchev–Trinajstić information content (AvgIpc) is 3.16. The number of hydrogen-bond donors (Lipinski definition) is 0. The lowest BCUT2D eigenvalue weighted by atomic mass is 10.1. The molecule has 3 saturated heterocycles. The number of rotatable bonds is 6. The number of esters is 2. The van der Waals surface area contributed by atoms with Gasteiger partial charge in [-0.2, -0.15) is 0 Å². The smallest absolute Gasteiger partial charge is 0.335 e. The molecule has 0 bridgehead atoms. The molecule has 0 saturated carbocycles. The summed E-state index contributed by atoms with van der Waals surface area (Å²) >= 11 is 0. The highest BCUT2D eigenvalue weighted by molar-refractivity contribution is 5.82. The summed E-state index contributed by atoms with van der Waals surface area (Å²) in [7, 11) is 0. The molecule has 23 heavy (non-hydrogen) atoms. The Bertz CT molecular complexity index is 469. The molecule has 3 rings (SSSR count). The minimum absolute atomic E-state index is 0.00141. The van der Waals surface area contributed by atoms with E-state index in [9.17, 15) is 9.59 Å². The van der Waals surface area contributed by atoms with Gasteiger partial charge in [0, 0.05) is 12.7 Å². The van der Waals surface area contributed by atoms with E-state index in [1.165, 1.54) is 6.08 Å². The van der Waals surface area contributed by atoms with Gasteiger partial charge < -0.3 is 23.7 Å². The van der Waals surface area contributed by atoms with Gasteiger partial charge in [0.1, 0.15) is 19.3 Å². The summed E-state index contributed by atoms with van der Waals surface area (Å²) in [4.78, 5) is 23.4. The molecule has 0 aliphatic carbocycles. The molecule has 7 heteroatoms. The van der Waals surface area contributed by atoms with Crippen molar-refractivity contribution < 1.29 is 33.3 Å². The molecule has 3 aliphatic heterocycles. The van der Waals surface area contributed by atoms with E-state index in [4.69, 9.17) is 23.7 Å². The highest BCUT2D eigenvalue weighted by atomic mass is 16.7. The van der Waals surface area contributed by atoms with Crippen LogP contribution in [0.2, 0.25) is 0 Å². The van der Waals surface area contributed by atoms with Crippen molar-refractivity contribution in [3.05, 3.63) is 12.2 Å². The maximum Gasteiger partial charge on any atom is 0.335 e. The average molecular weight is 326 g/mol. The van der Waals surface area contributed by atoms with Crippen molar-refractivity contribution in [2.24, 2.45) is 5.92 Å². The SMILES string of the molecule is C[C@@H]1O[C@@H]1/C=C/C(=O)OC[C@H]1COC(=O)[C@H]1OC1CCCCO1. The van der Waals surface area contributed by atoms with Crippen LogP contribution in [0.5, 0.6) is 0 Å². The standard InChI is InChI=1S/C16H22O7/c1-10-12(22-10)5-6-13(17)20-8-11-9-21-16(18)15(11)23-14-4-2-3-7-19-14/h5-6,10-12,14-15H,2-4,7-9H2,1H3/b6-5+/t10-,11-,12+,14?,15-/m0/s1. The molecule has 3 heterocycles. The van der Waals surface area contributed by atoms with Crippen LogP contribution >= 0.6 is 0 Å². The Morgan fingerprint density at radius 2 is 2.22 bits per heavy atom. The zero-order valence-electron chi connectivity index (χ0n) is 13.1. The predicted octanol–water partition coefficient (Wildman–Crippen LogP) is 0.958. The first kappa shape index (κ1) is 16.4. The molecule has 5 atom stereocenters. The Hall–Kier alpha value is -1.44. The van der Waals surface area contributed by atoms with Crippen molar-refractivity contribution in [1.29, 1.82) is 0 Å². The molecule has 0 radical (unpaired) electrons. The maximum atomic E-state index is 11.8. The lowest BCUT2D eigenvalue weighted by Crippen LogP contribution is -2.36. The van der Waals surface area contributed by atoms with Crippen LogP contribution < -0.4 is 0 Å². The van der Waals surface area contributed by atoms with Gasteiger partial charge in [-0.05, 0) is 32.3 Å². The normalized spacial score (nSPS) is 36.9. The summed E-state index contributed by atoms with van der Waals surface area (Å²) in [6.45, 7) is 2.83. The van der Waals surface area contributed by atoms with Crippen molar-refractivity contribution >= 4 is 11.9 Å². The van der Waals surface area contributed by atoms with Crippen LogP contribution in [-0.2, 0) is 33.3 Å². The first-order chi connectivity index (χ1) is 11.1. The van der Waals surface area contributed by atoms with Crippen LogP contribution in [-0.4, -0.2) is 56.4 Å². The Balaban J connectivity index is 1.44. The van der Waals surface area contributed by atoms with E-state index >= 15 is 0 Å². The van der Waals surface area contributed by atoms with Crippen molar-refractivity contribution in [2.75, 3.05) is 19.8 Å². The molecule has 0 amide bonds. The number of carbonyl (C=O) groups excluding carboxylic acids is 2. The van der Waals surface area contributed by atoms with Gasteiger partial charge in [0.25, 0.3) is 0 Å². The zero-order chi connectivity index (χ0) is 16.2.